The van der Waals surface area contributed by atoms with Gasteiger partial charge in [-0.15, -0.1) is 11.3 Å². The van der Waals surface area contributed by atoms with Crippen LogP contribution >= 0.6 is 11.3 Å². The topological polar surface area (TPSA) is 50.2 Å². The van der Waals surface area contributed by atoms with Crippen LogP contribution in [0.4, 0.5) is 13.2 Å². The number of aromatic nitrogens is 1. The average molecular weight is 301 g/mol. The normalized spacial score (nSPS) is 11.6. The van der Waals surface area contributed by atoms with Gasteiger partial charge in [0.05, 0.1) is 12.0 Å². The second-order valence-corrected chi connectivity index (χ2v) is 5.22. The van der Waals surface area contributed by atoms with Crippen LogP contribution in [-0.4, -0.2) is 16.1 Å². The van der Waals surface area contributed by atoms with Crippen LogP contribution in [0.15, 0.2) is 30.5 Å². The highest BCUT2D eigenvalue weighted by molar-refractivity contribution is 7.15. The van der Waals surface area contributed by atoms with Gasteiger partial charge in [0.15, 0.2) is 0 Å². The van der Waals surface area contributed by atoms with Crippen molar-refractivity contribution in [3.63, 3.8) is 0 Å². The van der Waals surface area contributed by atoms with E-state index in [0.29, 0.717) is 17.0 Å². The molecule has 0 saturated carbocycles. The number of benzene rings is 1. The van der Waals surface area contributed by atoms with Crippen LogP contribution in [0.25, 0.3) is 10.6 Å². The number of carboxylic acid groups (broad SMARTS) is 1. The van der Waals surface area contributed by atoms with Crippen molar-refractivity contribution in [1.29, 1.82) is 0 Å². The van der Waals surface area contributed by atoms with Gasteiger partial charge in [0.2, 0.25) is 0 Å². The fourth-order valence-corrected chi connectivity index (χ4v) is 2.52. The minimum Gasteiger partial charge on any atom is -0.481 e. The minimum atomic E-state index is -4.39. The zero-order valence-corrected chi connectivity index (χ0v) is 11.0. The van der Waals surface area contributed by atoms with Gasteiger partial charge in [-0.1, -0.05) is 12.1 Å². The first-order chi connectivity index (χ1) is 9.36. The summed E-state index contributed by atoms with van der Waals surface area (Å²) in [4.78, 5) is 15.2. The molecule has 0 unspecified atom stereocenters. The van der Waals surface area contributed by atoms with E-state index in [1.807, 2.05) is 0 Å². The van der Waals surface area contributed by atoms with E-state index in [2.05, 4.69) is 4.98 Å². The summed E-state index contributed by atoms with van der Waals surface area (Å²) in [5, 5.41) is 9.04. The molecule has 1 heterocycles. The third kappa shape index (κ3) is 3.57. The van der Waals surface area contributed by atoms with Crippen molar-refractivity contribution in [2.45, 2.75) is 19.0 Å². The number of aliphatic carboxylic acids is 1. The first-order valence-corrected chi connectivity index (χ1v) is 6.52. The van der Waals surface area contributed by atoms with E-state index >= 15 is 0 Å². The number of alkyl halides is 3. The molecule has 3 nitrogen and oxygen atoms in total. The van der Waals surface area contributed by atoms with E-state index in [0.717, 1.165) is 17.0 Å². The highest BCUT2D eigenvalue weighted by atomic mass is 32.1. The lowest BCUT2D eigenvalue weighted by atomic mass is 10.1. The van der Waals surface area contributed by atoms with Gasteiger partial charge in [-0.25, -0.2) is 4.98 Å². The molecule has 0 aliphatic rings. The summed E-state index contributed by atoms with van der Waals surface area (Å²) in [7, 11) is 0. The van der Waals surface area contributed by atoms with Gasteiger partial charge in [-0.3, -0.25) is 4.79 Å². The van der Waals surface area contributed by atoms with Crippen LogP contribution < -0.4 is 0 Å². The van der Waals surface area contributed by atoms with E-state index < -0.39 is 17.7 Å². The van der Waals surface area contributed by atoms with Crippen molar-refractivity contribution in [3.05, 3.63) is 40.9 Å². The molecule has 0 aliphatic carbocycles. The lowest BCUT2D eigenvalue weighted by Gasteiger charge is -2.07. The van der Waals surface area contributed by atoms with E-state index in [4.69, 9.17) is 5.11 Å². The lowest BCUT2D eigenvalue weighted by Crippen LogP contribution is -2.04. The Morgan fingerprint density at radius 1 is 1.35 bits per heavy atom. The molecule has 0 atom stereocenters. The first-order valence-electron chi connectivity index (χ1n) is 5.70. The third-order valence-corrected chi connectivity index (χ3v) is 3.68. The molecule has 1 aromatic carbocycles. The zero-order valence-electron chi connectivity index (χ0n) is 10.1. The molecule has 1 N–H and O–H groups in total. The molecule has 0 saturated heterocycles. The largest absolute Gasteiger partial charge is 0.481 e. The Morgan fingerprint density at radius 2 is 2.10 bits per heavy atom. The second-order valence-electron chi connectivity index (χ2n) is 4.10. The smallest absolute Gasteiger partial charge is 0.416 e. The van der Waals surface area contributed by atoms with Crippen molar-refractivity contribution >= 4 is 17.3 Å². The molecule has 7 heteroatoms. The summed E-state index contributed by atoms with van der Waals surface area (Å²) in [6, 6.07) is 4.92. The molecule has 0 amide bonds. The van der Waals surface area contributed by atoms with Gasteiger partial charge in [0.25, 0.3) is 0 Å². The molecule has 1 aromatic heterocycles. The number of halogens is 3. The molecule has 0 radical (unpaired) electrons. The number of hydrogen-bond acceptors (Lipinski definition) is 3. The van der Waals surface area contributed by atoms with E-state index in [9.17, 15) is 18.0 Å². The predicted octanol–water partition coefficient (Wildman–Crippen LogP) is 3.85. The highest BCUT2D eigenvalue weighted by Crippen LogP contribution is 2.33. The monoisotopic (exact) mass is 301 g/mol. The highest BCUT2D eigenvalue weighted by Gasteiger charge is 2.30. The van der Waals surface area contributed by atoms with Gasteiger partial charge in [0, 0.05) is 16.6 Å². The Balaban J connectivity index is 2.22. The first kappa shape index (κ1) is 14.5. The molecule has 0 fully saturated rings. The number of nitrogens with zero attached hydrogens (tertiary/aromatic N) is 1. The lowest BCUT2D eigenvalue weighted by molar-refractivity contribution is -0.138. The van der Waals surface area contributed by atoms with Crippen molar-refractivity contribution in [3.8, 4) is 10.6 Å². The van der Waals surface area contributed by atoms with Gasteiger partial charge < -0.3 is 5.11 Å². The van der Waals surface area contributed by atoms with Gasteiger partial charge in [-0.2, -0.15) is 13.2 Å². The van der Waals surface area contributed by atoms with E-state index in [1.54, 1.807) is 6.07 Å². The number of carbonyl (C=O) groups is 1. The maximum absolute atomic E-state index is 12.6. The fourth-order valence-electron chi connectivity index (χ4n) is 1.62. The number of hydrogen-bond donors (Lipinski definition) is 1. The minimum absolute atomic E-state index is 0.0236. The Labute approximate surface area is 116 Å². The van der Waals surface area contributed by atoms with Crippen molar-refractivity contribution in [2.75, 3.05) is 0 Å². The zero-order chi connectivity index (χ0) is 14.8. The van der Waals surface area contributed by atoms with Gasteiger partial charge in [-0.05, 0) is 18.6 Å². The molecule has 0 aliphatic heterocycles. The van der Waals surface area contributed by atoms with Gasteiger partial charge >= 0.3 is 12.1 Å². The molecule has 0 spiro atoms. The summed E-state index contributed by atoms with van der Waals surface area (Å²) < 4.78 is 37.8. The molecule has 0 bridgehead atoms. The Kier molecular flexibility index (Phi) is 4.08. The van der Waals surface area contributed by atoms with Crippen molar-refractivity contribution in [1.82, 2.24) is 4.98 Å². The molecular weight excluding hydrogens is 291 g/mol. The summed E-state index contributed by atoms with van der Waals surface area (Å²) in [5.74, 6) is -0.918. The number of carboxylic acids is 1. The molecular formula is C13H10F3NO2S. The maximum Gasteiger partial charge on any atom is 0.416 e. The number of rotatable bonds is 4. The van der Waals surface area contributed by atoms with Gasteiger partial charge in [0.1, 0.15) is 5.01 Å². The van der Waals surface area contributed by atoms with Crippen LogP contribution in [0.5, 0.6) is 0 Å². The van der Waals surface area contributed by atoms with E-state index in [1.165, 1.54) is 23.6 Å². The summed E-state index contributed by atoms with van der Waals surface area (Å²) in [6.07, 6.45) is -2.58. The van der Waals surface area contributed by atoms with Crippen molar-refractivity contribution in [2.24, 2.45) is 0 Å². The Bertz CT molecular complexity index is 622. The Morgan fingerprint density at radius 3 is 2.75 bits per heavy atom. The molecule has 2 rings (SSSR count). The molecule has 2 aromatic rings. The van der Waals surface area contributed by atoms with Crippen molar-refractivity contribution < 1.29 is 23.1 Å². The summed E-state index contributed by atoms with van der Waals surface area (Å²) in [5.41, 5.74) is -0.344. The standard InChI is InChI=1S/C13H10F3NO2S/c14-13(15,16)9-3-1-2-8(6-9)12-17-7-10(20-12)4-5-11(18)19/h1-3,6-7H,4-5H2,(H,18,19). The fraction of sp³-hybridized carbons (Fsp3) is 0.231. The van der Waals surface area contributed by atoms with Crippen LogP contribution in [0.1, 0.15) is 16.9 Å². The Hall–Kier alpha value is -1.89. The maximum atomic E-state index is 12.6. The molecule has 106 valence electrons. The summed E-state index contributed by atoms with van der Waals surface area (Å²) >= 11 is 1.21. The third-order valence-electron chi connectivity index (χ3n) is 2.58. The van der Waals surface area contributed by atoms with Crippen LogP contribution in [0, 0.1) is 0 Å². The summed E-state index contributed by atoms with van der Waals surface area (Å²) in [6.45, 7) is 0. The van der Waals surface area contributed by atoms with E-state index in [-0.39, 0.29) is 6.42 Å². The van der Waals surface area contributed by atoms with Crippen LogP contribution in [0.2, 0.25) is 0 Å². The number of thiazole rings is 1. The SMILES string of the molecule is O=C(O)CCc1cnc(-c2cccc(C(F)(F)F)c2)s1. The number of aryl methyl sites for hydroxylation is 1. The quantitative estimate of drug-likeness (QED) is 0.933. The molecule has 20 heavy (non-hydrogen) atoms. The second kappa shape index (κ2) is 5.62. The van der Waals surface area contributed by atoms with Crippen LogP contribution in [0.3, 0.4) is 0 Å². The average Bonchev–Trinajstić information content (AvgIpc) is 2.84. The predicted molar refractivity (Wildman–Crippen MR) is 68.5 cm³/mol. The van der Waals surface area contributed by atoms with Crippen LogP contribution in [-0.2, 0) is 17.4 Å².